The monoisotopic (exact) mass is 235 g/mol. The van der Waals surface area contributed by atoms with Gasteiger partial charge in [0.25, 0.3) is 0 Å². The zero-order valence-electron chi connectivity index (χ0n) is 10.0. The van der Waals surface area contributed by atoms with Crippen molar-refractivity contribution in [3.8, 4) is 0 Å². The number of halogens is 1. The molecule has 4 heteroatoms. The third kappa shape index (κ3) is 2.16. The Morgan fingerprint density at radius 3 is 2.76 bits per heavy atom. The van der Waals surface area contributed by atoms with Crippen LogP contribution < -0.4 is 0 Å². The summed E-state index contributed by atoms with van der Waals surface area (Å²) in [5, 5.41) is 0.807. The van der Waals surface area contributed by atoms with Crippen molar-refractivity contribution in [2.45, 2.75) is 27.0 Å². The van der Waals surface area contributed by atoms with Crippen LogP contribution in [0.1, 0.15) is 25.8 Å². The van der Waals surface area contributed by atoms with Crippen molar-refractivity contribution in [3.05, 3.63) is 35.8 Å². The highest BCUT2D eigenvalue weighted by Gasteiger charge is 2.14. The number of esters is 1. The van der Waals surface area contributed by atoms with Gasteiger partial charge in [-0.05, 0) is 38.1 Å². The molecule has 1 heterocycles. The fourth-order valence-corrected chi connectivity index (χ4v) is 2.12. The molecule has 2 aromatic rings. The Kier molecular flexibility index (Phi) is 2.88. The zero-order chi connectivity index (χ0) is 12.6. The molecule has 0 aliphatic carbocycles. The van der Waals surface area contributed by atoms with Crippen LogP contribution in [0.25, 0.3) is 10.9 Å². The molecule has 0 amide bonds. The topological polar surface area (TPSA) is 31.2 Å². The molecule has 0 fully saturated rings. The van der Waals surface area contributed by atoms with E-state index in [0.717, 1.165) is 16.6 Å². The van der Waals surface area contributed by atoms with Crippen molar-refractivity contribution < 1.29 is 13.9 Å². The van der Waals surface area contributed by atoms with Gasteiger partial charge in [0.1, 0.15) is 5.82 Å². The summed E-state index contributed by atoms with van der Waals surface area (Å²) in [5.41, 5.74) is 1.79. The minimum absolute atomic E-state index is 0.269. The molecule has 2 rings (SSSR count). The Morgan fingerprint density at radius 2 is 2.12 bits per heavy atom. The highest BCUT2D eigenvalue weighted by atomic mass is 19.1. The van der Waals surface area contributed by atoms with Crippen molar-refractivity contribution >= 4 is 16.9 Å². The SMILES string of the molecule is CC(=O)OC(C)n1c(C)cc2cc(F)ccc21. The van der Waals surface area contributed by atoms with Crippen molar-refractivity contribution in [3.63, 3.8) is 0 Å². The summed E-state index contributed by atoms with van der Waals surface area (Å²) < 4.78 is 20.1. The molecule has 0 spiro atoms. The highest BCUT2D eigenvalue weighted by Crippen LogP contribution is 2.25. The van der Waals surface area contributed by atoms with Gasteiger partial charge >= 0.3 is 5.97 Å². The second-order valence-corrected chi connectivity index (χ2v) is 4.07. The van der Waals surface area contributed by atoms with E-state index in [-0.39, 0.29) is 11.8 Å². The van der Waals surface area contributed by atoms with Crippen LogP contribution in [-0.4, -0.2) is 10.5 Å². The van der Waals surface area contributed by atoms with Crippen LogP contribution in [0, 0.1) is 12.7 Å². The Hall–Kier alpha value is -1.84. The third-order valence-corrected chi connectivity index (χ3v) is 2.69. The van der Waals surface area contributed by atoms with Gasteiger partial charge in [0, 0.05) is 18.0 Å². The lowest BCUT2D eigenvalue weighted by Gasteiger charge is -2.17. The summed E-state index contributed by atoms with van der Waals surface area (Å²) in [6.07, 6.45) is -0.393. The molecule has 0 aliphatic rings. The number of hydrogen-bond donors (Lipinski definition) is 0. The summed E-state index contributed by atoms with van der Waals surface area (Å²) in [6, 6.07) is 6.44. The number of hydrogen-bond acceptors (Lipinski definition) is 2. The van der Waals surface area contributed by atoms with Crippen LogP contribution in [0.4, 0.5) is 4.39 Å². The number of nitrogens with zero attached hydrogens (tertiary/aromatic N) is 1. The Morgan fingerprint density at radius 1 is 1.41 bits per heavy atom. The number of aromatic nitrogens is 1. The molecule has 0 N–H and O–H groups in total. The molecule has 1 atom stereocenters. The molecule has 1 aromatic carbocycles. The molecule has 0 radical (unpaired) electrons. The van der Waals surface area contributed by atoms with E-state index in [1.165, 1.54) is 19.1 Å². The van der Waals surface area contributed by atoms with E-state index in [0.29, 0.717) is 0 Å². The van der Waals surface area contributed by atoms with Crippen molar-refractivity contribution in [2.75, 3.05) is 0 Å². The Labute approximate surface area is 98.8 Å². The van der Waals surface area contributed by atoms with Crippen molar-refractivity contribution in [1.82, 2.24) is 4.57 Å². The summed E-state index contributed by atoms with van der Waals surface area (Å²) in [5.74, 6) is -0.601. The first-order chi connectivity index (χ1) is 7.99. The predicted octanol–water partition coefficient (Wildman–Crippen LogP) is 3.17. The van der Waals surface area contributed by atoms with Gasteiger partial charge in [-0.3, -0.25) is 4.79 Å². The standard InChI is InChI=1S/C13H14FNO2/c1-8-6-11-7-12(14)4-5-13(11)15(8)9(2)17-10(3)16/h4-7,9H,1-3H3. The Balaban J connectivity index is 2.53. The quantitative estimate of drug-likeness (QED) is 0.748. The zero-order valence-corrected chi connectivity index (χ0v) is 10.0. The number of rotatable bonds is 2. The van der Waals surface area contributed by atoms with Gasteiger partial charge in [-0.1, -0.05) is 0 Å². The van der Waals surface area contributed by atoms with Crippen LogP contribution in [0.2, 0.25) is 0 Å². The van der Waals surface area contributed by atoms with Crippen LogP contribution in [0.15, 0.2) is 24.3 Å². The lowest BCUT2D eigenvalue weighted by molar-refractivity contribution is -0.149. The largest absolute Gasteiger partial charge is 0.442 e. The van der Waals surface area contributed by atoms with E-state index in [9.17, 15) is 9.18 Å². The fraction of sp³-hybridized carbons (Fsp3) is 0.308. The van der Waals surface area contributed by atoms with Crippen molar-refractivity contribution in [2.24, 2.45) is 0 Å². The number of benzene rings is 1. The second-order valence-electron chi connectivity index (χ2n) is 4.07. The van der Waals surface area contributed by atoms with E-state index in [2.05, 4.69) is 0 Å². The number of ether oxygens (including phenoxy) is 1. The average molecular weight is 235 g/mol. The normalized spacial score (nSPS) is 12.7. The first-order valence-electron chi connectivity index (χ1n) is 5.43. The number of carbonyl (C=O) groups is 1. The van der Waals surface area contributed by atoms with Gasteiger partial charge in [0.15, 0.2) is 6.23 Å². The van der Waals surface area contributed by atoms with Gasteiger partial charge in [-0.2, -0.15) is 0 Å². The average Bonchev–Trinajstić information content (AvgIpc) is 2.51. The van der Waals surface area contributed by atoms with Gasteiger partial charge in [0.05, 0.1) is 5.52 Å². The molecule has 3 nitrogen and oxygen atoms in total. The lowest BCUT2D eigenvalue weighted by Crippen LogP contribution is -2.13. The molecule has 17 heavy (non-hydrogen) atoms. The second kappa shape index (κ2) is 4.20. The molecular formula is C13H14FNO2. The van der Waals surface area contributed by atoms with E-state index < -0.39 is 6.23 Å². The maximum Gasteiger partial charge on any atom is 0.304 e. The van der Waals surface area contributed by atoms with E-state index in [1.54, 1.807) is 13.0 Å². The first-order valence-corrected chi connectivity index (χ1v) is 5.43. The first kappa shape index (κ1) is 11.6. The summed E-state index contributed by atoms with van der Waals surface area (Å²) >= 11 is 0. The number of carbonyl (C=O) groups excluding carboxylic acids is 1. The minimum Gasteiger partial charge on any atom is -0.442 e. The highest BCUT2D eigenvalue weighted by molar-refractivity contribution is 5.81. The maximum atomic E-state index is 13.1. The van der Waals surface area contributed by atoms with E-state index in [1.807, 2.05) is 17.6 Å². The molecule has 1 unspecified atom stereocenters. The smallest absolute Gasteiger partial charge is 0.304 e. The number of fused-ring (bicyclic) bond motifs is 1. The van der Waals surface area contributed by atoms with Crippen LogP contribution >= 0.6 is 0 Å². The molecule has 0 aliphatic heterocycles. The summed E-state index contributed by atoms with van der Waals surface area (Å²) in [7, 11) is 0. The van der Waals surface area contributed by atoms with E-state index >= 15 is 0 Å². The van der Waals surface area contributed by atoms with Crippen LogP contribution in [0.5, 0.6) is 0 Å². The third-order valence-electron chi connectivity index (χ3n) is 2.69. The summed E-state index contributed by atoms with van der Waals surface area (Å²) in [6.45, 7) is 5.06. The van der Waals surface area contributed by atoms with Gasteiger partial charge in [0.2, 0.25) is 0 Å². The summed E-state index contributed by atoms with van der Waals surface area (Å²) in [4.78, 5) is 11.0. The predicted molar refractivity (Wildman–Crippen MR) is 63.1 cm³/mol. The number of aryl methyl sites for hydroxylation is 1. The molecule has 0 bridgehead atoms. The fourth-order valence-electron chi connectivity index (χ4n) is 2.12. The van der Waals surface area contributed by atoms with Crippen LogP contribution in [0.3, 0.4) is 0 Å². The van der Waals surface area contributed by atoms with Crippen LogP contribution in [-0.2, 0) is 9.53 Å². The molecule has 90 valence electrons. The molecule has 1 aromatic heterocycles. The molecular weight excluding hydrogens is 221 g/mol. The maximum absolute atomic E-state index is 13.1. The van der Waals surface area contributed by atoms with Gasteiger partial charge in [-0.25, -0.2) is 4.39 Å². The molecule has 0 saturated heterocycles. The van der Waals surface area contributed by atoms with Gasteiger partial charge < -0.3 is 9.30 Å². The Bertz CT molecular complexity index is 574. The van der Waals surface area contributed by atoms with E-state index in [4.69, 9.17) is 4.74 Å². The lowest BCUT2D eigenvalue weighted by atomic mass is 10.2. The minimum atomic E-state index is -0.393. The van der Waals surface area contributed by atoms with Crippen molar-refractivity contribution in [1.29, 1.82) is 0 Å². The molecule has 0 saturated carbocycles. The van der Waals surface area contributed by atoms with Gasteiger partial charge in [-0.15, -0.1) is 0 Å².